The maximum absolute atomic E-state index is 12.6. The summed E-state index contributed by atoms with van der Waals surface area (Å²) in [6.45, 7) is 2.01. The van der Waals surface area contributed by atoms with Gasteiger partial charge in [0.05, 0.1) is 5.69 Å². The highest BCUT2D eigenvalue weighted by atomic mass is 16.1. The molecule has 0 aliphatic rings. The quantitative estimate of drug-likeness (QED) is 0.520. The number of aromatic nitrogens is 1. The summed E-state index contributed by atoms with van der Waals surface area (Å²) in [5.41, 5.74) is 5.80. The van der Waals surface area contributed by atoms with Crippen molar-refractivity contribution in [3.05, 3.63) is 90.1 Å². The number of aromatic amines is 1. The fourth-order valence-corrected chi connectivity index (χ4v) is 3.04. The molecule has 2 N–H and O–H groups in total. The van der Waals surface area contributed by atoms with E-state index < -0.39 is 0 Å². The van der Waals surface area contributed by atoms with E-state index in [9.17, 15) is 4.79 Å². The minimum absolute atomic E-state index is 0.106. The SMILES string of the molecule is Cc1cc2c(NC(=O)c3ccc(-c4ccccc4)cc3)cccc2[nH]1. The second-order valence-corrected chi connectivity index (χ2v) is 6.12. The van der Waals surface area contributed by atoms with Gasteiger partial charge in [-0.25, -0.2) is 0 Å². The molecule has 1 amide bonds. The number of rotatable bonds is 3. The van der Waals surface area contributed by atoms with Crippen LogP contribution in [0.2, 0.25) is 0 Å². The summed E-state index contributed by atoms with van der Waals surface area (Å²) in [6.07, 6.45) is 0. The lowest BCUT2D eigenvalue weighted by molar-refractivity contribution is 0.102. The Morgan fingerprint density at radius 1 is 0.840 bits per heavy atom. The highest BCUT2D eigenvalue weighted by Gasteiger charge is 2.10. The summed E-state index contributed by atoms with van der Waals surface area (Å²) in [4.78, 5) is 15.9. The van der Waals surface area contributed by atoms with Crippen LogP contribution in [0.1, 0.15) is 16.1 Å². The molecule has 1 aromatic heterocycles. The number of hydrogen-bond acceptors (Lipinski definition) is 1. The van der Waals surface area contributed by atoms with E-state index in [0.29, 0.717) is 5.56 Å². The van der Waals surface area contributed by atoms with E-state index in [1.807, 2.05) is 73.7 Å². The van der Waals surface area contributed by atoms with Gasteiger partial charge in [0, 0.05) is 22.2 Å². The van der Waals surface area contributed by atoms with Crippen LogP contribution in [0, 0.1) is 6.92 Å². The molecule has 3 aromatic carbocycles. The molecule has 25 heavy (non-hydrogen) atoms. The Labute approximate surface area is 146 Å². The van der Waals surface area contributed by atoms with Crippen molar-refractivity contribution in [2.24, 2.45) is 0 Å². The summed E-state index contributed by atoms with van der Waals surface area (Å²) >= 11 is 0. The maximum Gasteiger partial charge on any atom is 0.255 e. The number of nitrogens with one attached hydrogen (secondary N) is 2. The van der Waals surface area contributed by atoms with E-state index >= 15 is 0 Å². The minimum Gasteiger partial charge on any atom is -0.359 e. The molecule has 0 saturated carbocycles. The van der Waals surface area contributed by atoms with E-state index in [4.69, 9.17) is 0 Å². The van der Waals surface area contributed by atoms with E-state index in [1.165, 1.54) is 0 Å². The lowest BCUT2D eigenvalue weighted by Crippen LogP contribution is -2.11. The number of amides is 1. The molecule has 4 aromatic rings. The molecule has 0 aliphatic carbocycles. The van der Waals surface area contributed by atoms with Crippen LogP contribution in [-0.2, 0) is 0 Å². The highest BCUT2D eigenvalue weighted by molar-refractivity contribution is 6.09. The normalized spacial score (nSPS) is 10.8. The van der Waals surface area contributed by atoms with Crippen LogP contribution in [0.3, 0.4) is 0 Å². The fraction of sp³-hybridized carbons (Fsp3) is 0.0455. The Morgan fingerprint density at radius 2 is 1.56 bits per heavy atom. The van der Waals surface area contributed by atoms with Crippen LogP contribution >= 0.6 is 0 Å². The van der Waals surface area contributed by atoms with Crippen molar-refractivity contribution in [1.82, 2.24) is 4.98 Å². The number of anilines is 1. The number of benzene rings is 3. The Morgan fingerprint density at radius 3 is 2.32 bits per heavy atom. The lowest BCUT2D eigenvalue weighted by atomic mass is 10.0. The van der Waals surface area contributed by atoms with Crippen LogP contribution in [0.4, 0.5) is 5.69 Å². The zero-order chi connectivity index (χ0) is 17.2. The molecule has 122 valence electrons. The van der Waals surface area contributed by atoms with Crippen LogP contribution < -0.4 is 5.32 Å². The number of aryl methyl sites for hydroxylation is 1. The van der Waals surface area contributed by atoms with Crippen molar-refractivity contribution in [2.75, 3.05) is 5.32 Å². The molecule has 0 saturated heterocycles. The van der Waals surface area contributed by atoms with Gasteiger partial charge in [0.15, 0.2) is 0 Å². The predicted octanol–water partition coefficient (Wildman–Crippen LogP) is 5.40. The van der Waals surface area contributed by atoms with Gasteiger partial charge in [0.1, 0.15) is 0 Å². The summed E-state index contributed by atoms with van der Waals surface area (Å²) in [6, 6.07) is 25.7. The van der Waals surface area contributed by atoms with Crippen LogP contribution in [0.15, 0.2) is 78.9 Å². The van der Waals surface area contributed by atoms with Crippen molar-refractivity contribution in [3.63, 3.8) is 0 Å². The van der Waals surface area contributed by atoms with E-state index in [0.717, 1.165) is 33.4 Å². The zero-order valence-corrected chi connectivity index (χ0v) is 13.9. The van der Waals surface area contributed by atoms with Crippen LogP contribution in [0.25, 0.3) is 22.0 Å². The van der Waals surface area contributed by atoms with Gasteiger partial charge in [0.25, 0.3) is 5.91 Å². The van der Waals surface area contributed by atoms with Gasteiger partial charge in [-0.05, 0) is 48.4 Å². The van der Waals surface area contributed by atoms with Crippen molar-refractivity contribution in [3.8, 4) is 11.1 Å². The van der Waals surface area contributed by atoms with Gasteiger partial charge in [-0.1, -0.05) is 48.5 Å². The van der Waals surface area contributed by atoms with Gasteiger partial charge in [-0.15, -0.1) is 0 Å². The van der Waals surface area contributed by atoms with Crippen molar-refractivity contribution in [2.45, 2.75) is 6.92 Å². The number of hydrogen-bond donors (Lipinski definition) is 2. The number of H-pyrrole nitrogens is 1. The first-order valence-electron chi connectivity index (χ1n) is 8.26. The largest absolute Gasteiger partial charge is 0.359 e. The first-order chi connectivity index (χ1) is 12.2. The van der Waals surface area contributed by atoms with Gasteiger partial charge in [-0.2, -0.15) is 0 Å². The van der Waals surface area contributed by atoms with E-state index in [1.54, 1.807) is 0 Å². The number of carbonyl (C=O) groups is 1. The Hall–Kier alpha value is -3.33. The van der Waals surface area contributed by atoms with Gasteiger partial charge < -0.3 is 10.3 Å². The predicted molar refractivity (Wildman–Crippen MR) is 103 cm³/mol. The third-order valence-electron chi connectivity index (χ3n) is 4.30. The topological polar surface area (TPSA) is 44.9 Å². The molecule has 0 unspecified atom stereocenters. The summed E-state index contributed by atoms with van der Waals surface area (Å²) in [5, 5.41) is 4.04. The molecule has 4 rings (SSSR count). The average Bonchev–Trinajstić information content (AvgIpc) is 3.04. The summed E-state index contributed by atoms with van der Waals surface area (Å²) < 4.78 is 0. The Bertz CT molecular complexity index is 1030. The second-order valence-electron chi connectivity index (χ2n) is 6.12. The highest BCUT2D eigenvalue weighted by Crippen LogP contribution is 2.25. The van der Waals surface area contributed by atoms with Crippen LogP contribution in [0.5, 0.6) is 0 Å². The average molecular weight is 326 g/mol. The third-order valence-corrected chi connectivity index (χ3v) is 4.30. The second kappa shape index (κ2) is 6.29. The molecule has 0 spiro atoms. The molecule has 1 heterocycles. The minimum atomic E-state index is -0.106. The zero-order valence-electron chi connectivity index (χ0n) is 13.9. The Kier molecular flexibility index (Phi) is 3.82. The van der Waals surface area contributed by atoms with Crippen molar-refractivity contribution in [1.29, 1.82) is 0 Å². The number of fused-ring (bicyclic) bond motifs is 1. The van der Waals surface area contributed by atoms with Gasteiger partial charge in [0.2, 0.25) is 0 Å². The molecule has 0 fully saturated rings. The monoisotopic (exact) mass is 326 g/mol. The van der Waals surface area contributed by atoms with Gasteiger partial charge in [-0.3, -0.25) is 4.79 Å². The molecule has 0 atom stereocenters. The maximum atomic E-state index is 12.6. The summed E-state index contributed by atoms with van der Waals surface area (Å²) in [7, 11) is 0. The van der Waals surface area contributed by atoms with Crippen molar-refractivity contribution >= 4 is 22.5 Å². The smallest absolute Gasteiger partial charge is 0.255 e. The standard InChI is InChI=1S/C22H18N2O/c1-15-14-19-20(23-15)8-5-9-21(19)24-22(25)18-12-10-17(11-13-18)16-6-3-2-4-7-16/h2-14,23H,1H3,(H,24,25). The molecule has 0 bridgehead atoms. The molecule has 3 heteroatoms. The van der Waals surface area contributed by atoms with E-state index in [-0.39, 0.29) is 5.91 Å². The molecule has 0 aliphatic heterocycles. The molecule has 0 radical (unpaired) electrons. The van der Waals surface area contributed by atoms with Gasteiger partial charge >= 0.3 is 0 Å². The third kappa shape index (κ3) is 3.04. The molecular weight excluding hydrogens is 308 g/mol. The Balaban J connectivity index is 1.58. The van der Waals surface area contributed by atoms with Crippen molar-refractivity contribution < 1.29 is 4.79 Å². The lowest BCUT2D eigenvalue weighted by Gasteiger charge is -2.08. The number of carbonyl (C=O) groups excluding carboxylic acids is 1. The van der Waals surface area contributed by atoms with E-state index in [2.05, 4.69) is 22.4 Å². The molecular formula is C22H18N2O. The molecule has 3 nitrogen and oxygen atoms in total. The first kappa shape index (κ1) is 15.2. The first-order valence-corrected chi connectivity index (χ1v) is 8.26. The fourth-order valence-electron chi connectivity index (χ4n) is 3.04. The summed E-state index contributed by atoms with van der Waals surface area (Å²) in [5.74, 6) is -0.106. The van der Waals surface area contributed by atoms with Crippen LogP contribution in [-0.4, -0.2) is 10.9 Å².